The van der Waals surface area contributed by atoms with Crippen LogP contribution in [0.3, 0.4) is 0 Å². The molecule has 0 unspecified atom stereocenters. The second-order valence-corrected chi connectivity index (χ2v) is 6.74. The van der Waals surface area contributed by atoms with Crippen LogP contribution in [0.25, 0.3) is 0 Å². The van der Waals surface area contributed by atoms with Crippen molar-refractivity contribution in [2.75, 3.05) is 16.0 Å². The third-order valence-electron chi connectivity index (χ3n) is 4.45. The first-order chi connectivity index (χ1) is 14.0. The summed E-state index contributed by atoms with van der Waals surface area (Å²) in [6.45, 7) is 5.50. The van der Waals surface area contributed by atoms with Gasteiger partial charge < -0.3 is 16.0 Å². The van der Waals surface area contributed by atoms with Gasteiger partial charge in [0.2, 0.25) is 5.91 Å². The molecule has 1 aromatic heterocycles. The van der Waals surface area contributed by atoms with Crippen molar-refractivity contribution in [2.24, 2.45) is 0 Å². The van der Waals surface area contributed by atoms with Gasteiger partial charge in [-0.3, -0.25) is 9.59 Å². The number of carbonyl (C=O) groups excluding carboxylic acids is 2. The van der Waals surface area contributed by atoms with Gasteiger partial charge in [0.1, 0.15) is 5.69 Å². The third-order valence-corrected chi connectivity index (χ3v) is 4.45. The minimum Gasteiger partial charge on any atom is -0.354 e. The molecule has 0 saturated heterocycles. The van der Waals surface area contributed by atoms with E-state index in [4.69, 9.17) is 0 Å². The van der Waals surface area contributed by atoms with Crippen LogP contribution in [0.2, 0.25) is 0 Å². The van der Waals surface area contributed by atoms with E-state index in [9.17, 15) is 9.59 Å². The minimum atomic E-state index is -0.242. The Kier molecular flexibility index (Phi) is 6.24. The number of aromatic nitrogens is 1. The van der Waals surface area contributed by atoms with Crippen molar-refractivity contribution < 1.29 is 9.59 Å². The third kappa shape index (κ3) is 5.19. The summed E-state index contributed by atoms with van der Waals surface area (Å²) in [6.07, 6.45) is 2.45. The lowest BCUT2D eigenvalue weighted by Crippen LogP contribution is -2.15. The van der Waals surface area contributed by atoms with Crippen molar-refractivity contribution in [1.82, 2.24) is 4.98 Å². The first kappa shape index (κ1) is 20.1. The molecule has 0 aliphatic carbocycles. The van der Waals surface area contributed by atoms with E-state index in [1.807, 2.05) is 49.4 Å². The molecular weight excluding hydrogens is 364 g/mol. The summed E-state index contributed by atoms with van der Waals surface area (Å²) < 4.78 is 0. The molecule has 0 radical (unpaired) electrons. The van der Waals surface area contributed by atoms with Crippen molar-refractivity contribution in [3.63, 3.8) is 0 Å². The Bertz CT molecular complexity index is 1030. The molecule has 2 aromatic carbocycles. The van der Waals surface area contributed by atoms with E-state index in [0.29, 0.717) is 11.4 Å². The van der Waals surface area contributed by atoms with Crippen LogP contribution < -0.4 is 16.0 Å². The molecule has 0 atom stereocenters. The molecule has 29 heavy (non-hydrogen) atoms. The van der Waals surface area contributed by atoms with Gasteiger partial charge in [-0.1, -0.05) is 31.2 Å². The zero-order valence-electron chi connectivity index (χ0n) is 16.7. The van der Waals surface area contributed by atoms with Gasteiger partial charge in [0.05, 0.1) is 11.9 Å². The van der Waals surface area contributed by atoms with Crippen LogP contribution in [0.15, 0.2) is 60.8 Å². The van der Waals surface area contributed by atoms with Gasteiger partial charge in [0.25, 0.3) is 5.91 Å². The van der Waals surface area contributed by atoms with E-state index in [0.717, 1.165) is 34.6 Å². The van der Waals surface area contributed by atoms with Gasteiger partial charge in [-0.15, -0.1) is 0 Å². The summed E-state index contributed by atoms with van der Waals surface area (Å²) in [5.74, 6) is -0.368. The number of anilines is 4. The molecule has 3 aromatic rings. The molecule has 0 bridgehead atoms. The number of hydrogen-bond acceptors (Lipinski definition) is 4. The van der Waals surface area contributed by atoms with Crippen molar-refractivity contribution in [3.05, 3.63) is 77.6 Å². The molecule has 1 heterocycles. The molecule has 3 rings (SSSR count). The normalized spacial score (nSPS) is 10.3. The maximum Gasteiger partial charge on any atom is 0.274 e. The molecule has 0 spiro atoms. The monoisotopic (exact) mass is 388 g/mol. The van der Waals surface area contributed by atoms with Crippen molar-refractivity contribution in [2.45, 2.75) is 27.2 Å². The molecule has 0 saturated carbocycles. The summed E-state index contributed by atoms with van der Waals surface area (Å²) in [5.41, 5.74) is 5.56. The second-order valence-electron chi connectivity index (χ2n) is 6.74. The van der Waals surface area contributed by atoms with E-state index in [1.165, 1.54) is 6.92 Å². The van der Waals surface area contributed by atoms with Crippen LogP contribution in [0.1, 0.15) is 35.5 Å². The van der Waals surface area contributed by atoms with E-state index in [-0.39, 0.29) is 11.8 Å². The Balaban J connectivity index is 1.70. The largest absolute Gasteiger partial charge is 0.354 e. The van der Waals surface area contributed by atoms with Crippen molar-refractivity contribution in [3.8, 4) is 0 Å². The maximum atomic E-state index is 12.6. The molecular formula is C23H24N4O2. The summed E-state index contributed by atoms with van der Waals surface area (Å²) in [5, 5.41) is 8.94. The quantitative estimate of drug-likeness (QED) is 0.560. The Morgan fingerprint density at radius 2 is 1.69 bits per heavy atom. The number of nitrogens with one attached hydrogen (secondary N) is 3. The summed E-state index contributed by atoms with van der Waals surface area (Å²) in [4.78, 5) is 28.1. The fraction of sp³-hybridized carbons (Fsp3) is 0.174. The van der Waals surface area contributed by atoms with Crippen LogP contribution in [0, 0.1) is 6.92 Å². The molecule has 2 amide bonds. The van der Waals surface area contributed by atoms with E-state index < -0.39 is 0 Å². The maximum absolute atomic E-state index is 12.6. The van der Waals surface area contributed by atoms with Gasteiger partial charge in [-0.2, -0.15) is 0 Å². The van der Waals surface area contributed by atoms with Crippen LogP contribution in [0.4, 0.5) is 22.7 Å². The van der Waals surface area contributed by atoms with Crippen molar-refractivity contribution >= 4 is 34.6 Å². The fourth-order valence-electron chi connectivity index (χ4n) is 3.03. The first-order valence-electron chi connectivity index (χ1n) is 9.47. The topological polar surface area (TPSA) is 83.1 Å². The Morgan fingerprint density at radius 1 is 0.931 bits per heavy atom. The van der Waals surface area contributed by atoms with Gasteiger partial charge in [-0.25, -0.2) is 4.98 Å². The lowest BCUT2D eigenvalue weighted by Gasteiger charge is -2.13. The molecule has 148 valence electrons. The van der Waals surface area contributed by atoms with E-state index in [1.54, 1.807) is 18.3 Å². The lowest BCUT2D eigenvalue weighted by molar-refractivity contribution is -0.114. The summed E-state index contributed by atoms with van der Waals surface area (Å²) >= 11 is 0. The molecule has 6 heteroatoms. The number of para-hydroxylation sites is 1. The lowest BCUT2D eigenvalue weighted by atomic mass is 10.1. The second kappa shape index (κ2) is 9.01. The van der Waals surface area contributed by atoms with Gasteiger partial charge in [-0.05, 0) is 54.8 Å². The number of rotatable bonds is 6. The zero-order chi connectivity index (χ0) is 20.8. The smallest absolute Gasteiger partial charge is 0.274 e. The number of benzene rings is 2. The molecule has 3 N–H and O–H groups in total. The Hall–Kier alpha value is -3.67. The van der Waals surface area contributed by atoms with Crippen LogP contribution >= 0.6 is 0 Å². The SMILES string of the molecule is CCc1cccc(C)c1NC(=O)c1ccc(Nc2cccc(NC(C)=O)c2)cn1. The standard InChI is InChI=1S/C23H24N4O2/c1-4-17-8-5-7-15(2)22(17)27-23(29)21-12-11-20(14-24-21)26-19-10-6-9-18(13-19)25-16(3)28/h5-14,26H,4H2,1-3H3,(H,25,28)(H,27,29). The Labute approximate surface area is 170 Å². The predicted octanol–water partition coefficient (Wildman–Crippen LogP) is 4.91. The highest BCUT2D eigenvalue weighted by Crippen LogP contribution is 2.23. The van der Waals surface area contributed by atoms with E-state index in [2.05, 4.69) is 27.9 Å². The highest BCUT2D eigenvalue weighted by atomic mass is 16.2. The average molecular weight is 388 g/mol. The number of nitrogens with zero attached hydrogens (tertiary/aromatic N) is 1. The highest BCUT2D eigenvalue weighted by molar-refractivity contribution is 6.03. The van der Waals surface area contributed by atoms with Crippen LogP contribution in [0.5, 0.6) is 0 Å². The fourth-order valence-corrected chi connectivity index (χ4v) is 3.03. The summed E-state index contributed by atoms with van der Waals surface area (Å²) in [6, 6.07) is 16.8. The molecule has 0 aliphatic rings. The average Bonchev–Trinajstić information content (AvgIpc) is 2.69. The molecule has 0 fully saturated rings. The van der Waals surface area contributed by atoms with E-state index >= 15 is 0 Å². The number of amides is 2. The van der Waals surface area contributed by atoms with Crippen LogP contribution in [-0.2, 0) is 11.2 Å². The van der Waals surface area contributed by atoms with Gasteiger partial charge in [0, 0.05) is 24.0 Å². The molecule has 6 nitrogen and oxygen atoms in total. The minimum absolute atomic E-state index is 0.126. The van der Waals surface area contributed by atoms with Gasteiger partial charge >= 0.3 is 0 Å². The van der Waals surface area contributed by atoms with Crippen molar-refractivity contribution in [1.29, 1.82) is 0 Å². The number of pyridine rings is 1. The number of hydrogen-bond donors (Lipinski definition) is 3. The zero-order valence-corrected chi connectivity index (χ0v) is 16.7. The molecule has 0 aliphatic heterocycles. The Morgan fingerprint density at radius 3 is 2.38 bits per heavy atom. The number of aryl methyl sites for hydroxylation is 2. The highest BCUT2D eigenvalue weighted by Gasteiger charge is 2.12. The van der Waals surface area contributed by atoms with Crippen LogP contribution in [-0.4, -0.2) is 16.8 Å². The summed E-state index contributed by atoms with van der Waals surface area (Å²) in [7, 11) is 0. The first-order valence-corrected chi connectivity index (χ1v) is 9.47. The number of carbonyl (C=O) groups is 2. The predicted molar refractivity (Wildman–Crippen MR) is 117 cm³/mol. The van der Waals surface area contributed by atoms with Gasteiger partial charge in [0.15, 0.2) is 0 Å².